The number of aromatic amines is 1. The molecule has 9 nitrogen and oxygen atoms in total. The molecule has 0 bridgehead atoms. The minimum Gasteiger partial charge on any atom is -0.462 e. The van der Waals surface area contributed by atoms with Crippen molar-refractivity contribution in [3.05, 3.63) is 208 Å². The molecule has 8 aromatic rings. The Labute approximate surface area is 359 Å². The number of quaternary nitrogens is 1. The van der Waals surface area contributed by atoms with E-state index in [4.69, 9.17) is 20.1 Å². The predicted molar refractivity (Wildman–Crippen MR) is 241 cm³/mol. The van der Waals surface area contributed by atoms with Crippen molar-refractivity contribution in [2.75, 3.05) is 19.7 Å². The lowest BCUT2D eigenvalue weighted by Crippen LogP contribution is -2.51. The highest BCUT2D eigenvalue weighted by atomic mass is 79.9. The molecular formula is C50H47BrN7O2+. The Morgan fingerprint density at radius 1 is 0.683 bits per heavy atom. The number of ether oxygens (including phenoxy) is 1. The molecule has 6 aromatic carbocycles. The first-order chi connectivity index (χ1) is 29.5. The number of rotatable bonds is 16. The van der Waals surface area contributed by atoms with Crippen LogP contribution >= 0.6 is 15.9 Å². The minimum atomic E-state index is -0.885. The van der Waals surface area contributed by atoms with E-state index in [-0.39, 0.29) is 6.61 Å². The number of esters is 1. The number of aromatic nitrogens is 6. The highest BCUT2D eigenvalue weighted by Crippen LogP contribution is 2.43. The van der Waals surface area contributed by atoms with E-state index in [2.05, 4.69) is 173 Å². The first kappa shape index (κ1) is 40.3. The summed E-state index contributed by atoms with van der Waals surface area (Å²) in [4.78, 5) is 13.4. The van der Waals surface area contributed by atoms with Crippen LogP contribution in [-0.4, -0.2) is 56.1 Å². The number of nitrogens with one attached hydrogen (secondary N) is 1. The van der Waals surface area contributed by atoms with Crippen LogP contribution in [-0.2, 0) is 23.2 Å². The van der Waals surface area contributed by atoms with Gasteiger partial charge in [-0.25, -0.2) is 9.48 Å². The Bertz CT molecular complexity index is 2540. The fourth-order valence-corrected chi connectivity index (χ4v) is 8.99. The van der Waals surface area contributed by atoms with Crippen molar-refractivity contribution in [1.82, 2.24) is 34.9 Å². The second kappa shape index (κ2) is 18.2. The van der Waals surface area contributed by atoms with E-state index in [0.29, 0.717) is 32.8 Å². The van der Waals surface area contributed by atoms with Crippen LogP contribution in [0.2, 0.25) is 0 Å². The molecule has 0 radical (unpaired) electrons. The van der Waals surface area contributed by atoms with Crippen LogP contribution in [0.5, 0.6) is 0 Å². The summed E-state index contributed by atoms with van der Waals surface area (Å²) in [5.74, 6) is 0.927. The Kier molecular flexibility index (Phi) is 12.2. The van der Waals surface area contributed by atoms with Crippen LogP contribution in [0, 0.1) is 0 Å². The van der Waals surface area contributed by atoms with E-state index in [1.54, 1.807) is 0 Å². The smallest absolute Gasteiger partial charge is 0.348 e. The second-order valence-electron chi connectivity index (χ2n) is 14.9. The number of carbonyl (C=O) groups is 1. The molecule has 8 rings (SSSR count). The number of tetrazole rings is 1. The summed E-state index contributed by atoms with van der Waals surface area (Å²) < 4.78 is 8.52. The highest BCUT2D eigenvalue weighted by Gasteiger charge is 2.42. The molecule has 0 saturated carbocycles. The highest BCUT2D eigenvalue weighted by molar-refractivity contribution is 9.10. The van der Waals surface area contributed by atoms with Crippen molar-refractivity contribution in [2.45, 2.75) is 38.8 Å². The molecule has 1 atom stereocenters. The molecule has 0 saturated heterocycles. The van der Waals surface area contributed by atoms with Crippen LogP contribution in [0.25, 0.3) is 22.5 Å². The van der Waals surface area contributed by atoms with Crippen molar-refractivity contribution in [3.63, 3.8) is 0 Å². The van der Waals surface area contributed by atoms with Crippen LogP contribution in [0.1, 0.15) is 58.4 Å². The number of H-pyrrole nitrogens is 1. The zero-order chi connectivity index (χ0) is 41.4. The molecule has 300 valence electrons. The van der Waals surface area contributed by atoms with E-state index in [1.807, 2.05) is 41.9 Å². The summed E-state index contributed by atoms with van der Waals surface area (Å²) in [6.07, 6.45) is 1.70. The number of benzene rings is 6. The Morgan fingerprint density at radius 3 is 1.80 bits per heavy atom. The van der Waals surface area contributed by atoms with Gasteiger partial charge in [0.1, 0.15) is 16.7 Å². The predicted octanol–water partition coefficient (Wildman–Crippen LogP) is 10.7. The van der Waals surface area contributed by atoms with Gasteiger partial charge >= 0.3 is 5.97 Å². The summed E-state index contributed by atoms with van der Waals surface area (Å²) in [6.45, 7) is 6.40. The molecule has 1 N–H and O–H groups in total. The fourth-order valence-electron chi connectivity index (χ4n) is 8.57. The maximum atomic E-state index is 13.4. The zero-order valence-electron chi connectivity index (χ0n) is 33.8. The molecule has 60 heavy (non-hydrogen) atoms. The molecule has 0 aliphatic carbocycles. The van der Waals surface area contributed by atoms with Gasteiger partial charge < -0.3 is 4.74 Å². The molecule has 2 aromatic heterocycles. The first-order valence-corrected chi connectivity index (χ1v) is 21.2. The van der Waals surface area contributed by atoms with Crippen LogP contribution in [0.15, 0.2) is 174 Å². The number of halogens is 1. The molecule has 0 amide bonds. The van der Waals surface area contributed by atoms with Gasteiger partial charge in [-0.15, -0.1) is 10.2 Å². The first-order valence-electron chi connectivity index (χ1n) is 20.4. The summed E-state index contributed by atoms with van der Waals surface area (Å²) in [5.41, 5.74) is 7.95. The maximum Gasteiger partial charge on any atom is 0.348 e. The summed E-state index contributed by atoms with van der Waals surface area (Å²) >= 11 is 3.58. The van der Waals surface area contributed by atoms with E-state index in [0.717, 1.165) is 64.9 Å². The van der Waals surface area contributed by atoms with Crippen LogP contribution < -0.4 is 4.48 Å². The van der Waals surface area contributed by atoms with Gasteiger partial charge in [-0.3, -0.25) is 9.58 Å². The molecule has 2 heterocycles. The third-order valence-electron chi connectivity index (χ3n) is 11.2. The molecule has 1 unspecified atom stereocenters. The van der Waals surface area contributed by atoms with E-state index in [9.17, 15) is 4.79 Å². The zero-order valence-corrected chi connectivity index (χ0v) is 35.4. The number of hydrogen-bond donors (Lipinski definition) is 1. The average Bonchev–Trinajstić information content (AvgIpc) is 3.95. The Balaban J connectivity index is 1.21. The molecule has 0 aliphatic heterocycles. The second-order valence-corrected chi connectivity index (χ2v) is 15.7. The quantitative estimate of drug-likeness (QED) is 0.0590. The standard InChI is InChI=1S/C50H46BrN7O2/c1-3-34-58(35-33-37-19-9-5-10-20-37,48-45(46(51)52-54-48)49(59)60-4-2)36-38-29-31-39(32-30-38)43-27-17-18-28-44(43)47-53-55-56-57(47)50(40-21-11-6-12-22-40,41-23-13-7-14-24-41)42-25-15-8-16-26-42/h5-32H,3-4,33-36H2,1-2H3/p+1. The third-order valence-corrected chi connectivity index (χ3v) is 11.8. The van der Waals surface area contributed by atoms with E-state index >= 15 is 0 Å². The normalized spacial score (nSPS) is 12.5. The van der Waals surface area contributed by atoms with Crippen molar-refractivity contribution in [3.8, 4) is 22.5 Å². The summed E-state index contributed by atoms with van der Waals surface area (Å²) in [5, 5.41) is 21.8. The molecule has 0 aliphatic rings. The largest absolute Gasteiger partial charge is 0.462 e. The van der Waals surface area contributed by atoms with Gasteiger partial charge in [-0.05, 0) is 73.1 Å². The molecular weight excluding hydrogens is 811 g/mol. The number of nitrogens with zero attached hydrogens (tertiary/aromatic N) is 6. The van der Waals surface area contributed by atoms with Crippen molar-refractivity contribution < 1.29 is 9.53 Å². The third kappa shape index (κ3) is 7.84. The topological polar surface area (TPSA) is 98.6 Å². The monoisotopic (exact) mass is 856 g/mol. The van der Waals surface area contributed by atoms with Crippen molar-refractivity contribution >= 4 is 27.7 Å². The van der Waals surface area contributed by atoms with Gasteiger partial charge in [0.25, 0.3) is 5.82 Å². The SMILES string of the molecule is CCC[N+](CCc1ccccc1)(Cc1ccc(-c2ccccc2-c2nnnn2C(c2ccccc2)(c2ccccc2)c2ccccc2)cc1)c1n[nH]c(Br)c1C(=O)OCC. The maximum absolute atomic E-state index is 13.4. The Morgan fingerprint density at radius 2 is 1.23 bits per heavy atom. The fraction of sp³-hybridized carbons (Fsp3) is 0.180. The van der Waals surface area contributed by atoms with E-state index < -0.39 is 11.5 Å². The lowest BCUT2D eigenvalue weighted by atomic mass is 9.77. The Hall–Kier alpha value is -6.49. The van der Waals surface area contributed by atoms with Crippen molar-refractivity contribution in [2.24, 2.45) is 0 Å². The number of carbonyl (C=O) groups excluding carboxylic acids is 1. The van der Waals surface area contributed by atoms with Gasteiger partial charge in [0.05, 0.1) is 19.7 Å². The van der Waals surface area contributed by atoms with Crippen LogP contribution in [0.4, 0.5) is 5.82 Å². The van der Waals surface area contributed by atoms with Gasteiger partial charge in [-0.2, -0.15) is 0 Å². The average molecular weight is 858 g/mol. The van der Waals surface area contributed by atoms with Gasteiger partial charge in [-0.1, -0.05) is 177 Å². The minimum absolute atomic E-state index is 0.273. The van der Waals surface area contributed by atoms with Crippen LogP contribution in [0.3, 0.4) is 0 Å². The lowest BCUT2D eigenvalue weighted by molar-refractivity contribution is 0.0522. The summed E-state index contributed by atoms with van der Waals surface area (Å²) in [7, 11) is 0. The molecule has 10 heteroatoms. The summed E-state index contributed by atoms with van der Waals surface area (Å²) in [6, 6.07) is 58.8. The number of hydrogen-bond acceptors (Lipinski definition) is 6. The molecule has 0 fully saturated rings. The lowest BCUT2D eigenvalue weighted by Gasteiger charge is -2.37. The van der Waals surface area contributed by atoms with Gasteiger partial charge in [0.15, 0.2) is 11.4 Å². The van der Waals surface area contributed by atoms with Gasteiger partial charge in [0, 0.05) is 17.5 Å². The molecule has 0 spiro atoms. The van der Waals surface area contributed by atoms with E-state index in [1.165, 1.54) is 5.56 Å². The van der Waals surface area contributed by atoms with Crippen molar-refractivity contribution in [1.29, 1.82) is 0 Å². The van der Waals surface area contributed by atoms with Gasteiger partial charge in [0.2, 0.25) is 0 Å².